The van der Waals surface area contributed by atoms with Crippen molar-refractivity contribution in [1.82, 2.24) is 5.01 Å². The van der Waals surface area contributed by atoms with Gasteiger partial charge in [0.15, 0.2) is 5.84 Å². The molecule has 2 aliphatic rings. The molecule has 0 N–H and O–H groups in total. The predicted octanol–water partition coefficient (Wildman–Crippen LogP) is 6.46. The molecule has 1 amide bonds. The summed E-state index contributed by atoms with van der Waals surface area (Å²) in [6, 6.07) is 26.2. The van der Waals surface area contributed by atoms with E-state index in [-0.39, 0.29) is 11.3 Å². The van der Waals surface area contributed by atoms with E-state index in [4.69, 9.17) is 9.84 Å². The van der Waals surface area contributed by atoms with Gasteiger partial charge in [0.1, 0.15) is 5.75 Å². The van der Waals surface area contributed by atoms with Crippen LogP contribution in [0.4, 0.5) is 4.79 Å². The molecule has 5 rings (SSSR count). The first kappa shape index (κ1) is 21.2. The van der Waals surface area contributed by atoms with Gasteiger partial charge in [0, 0.05) is 6.42 Å². The number of benzene rings is 3. The minimum atomic E-state index is -0.221. The summed E-state index contributed by atoms with van der Waals surface area (Å²) in [5.74, 6) is 1.40. The van der Waals surface area contributed by atoms with Crippen molar-refractivity contribution in [3.63, 3.8) is 0 Å². The van der Waals surface area contributed by atoms with Crippen molar-refractivity contribution in [2.24, 2.45) is 10.1 Å². The van der Waals surface area contributed by atoms with Crippen molar-refractivity contribution in [3.8, 4) is 5.75 Å². The third kappa shape index (κ3) is 4.34. The Kier molecular flexibility index (Phi) is 5.84. The second-order valence-corrected chi connectivity index (χ2v) is 8.91. The summed E-state index contributed by atoms with van der Waals surface area (Å²) in [7, 11) is 1.66. The molecule has 3 aromatic carbocycles. The molecule has 2 aliphatic heterocycles. The second kappa shape index (κ2) is 9.08. The number of amidine groups is 1. The van der Waals surface area contributed by atoms with Gasteiger partial charge in [0.25, 0.3) is 0 Å². The molecule has 0 saturated heterocycles. The molecule has 0 aliphatic carbocycles. The number of hydrogen-bond acceptors (Lipinski definition) is 5. The molecule has 0 bridgehead atoms. The number of carbonyl (C=O) groups is 1. The van der Waals surface area contributed by atoms with Crippen molar-refractivity contribution in [1.29, 1.82) is 0 Å². The average Bonchev–Trinajstić information content (AvgIpc) is 3.44. The molecule has 0 aromatic heterocycles. The van der Waals surface area contributed by atoms with Gasteiger partial charge < -0.3 is 4.74 Å². The Balaban J connectivity index is 1.57. The van der Waals surface area contributed by atoms with E-state index in [0.717, 1.165) is 50.4 Å². The van der Waals surface area contributed by atoms with Crippen molar-refractivity contribution in [3.05, 3.63) is 106 Å². The monoisotopic (exact) mass is 453 g/mol. The van der Waals surface area contributed by atoms with Gasteiger partial charge in [0.05, 0.1) is 23.8 Å². The van der Waals surface area contributed by atoms with Gasteiger partial charge in [0.2, 0.25) is 0 Å². The maximum atomic E-state index is 12.4. The number of aryl methyl sites for hydroxylation is 1. The lowest BCUT2D eigenvalue weighted by molar-refractivity contribution is 0.267. The van der Waals surface area contributed by atoms with Gasteiger partial charge in [-0.3, -0.25) is 4.79 Å². The molecule has 0 fully saturated rings. The molecule has 0 saturated carbocycles. The summed E-state index contributed by atoms with van der Waals surface area (Å²) in [4.78, 5) is 17.6. The quantitative estimate of drug-likeness (QED) is 0.455. The number of rotatable bonds is 4. The summed E-state index contributed by atoms with van der Waals surface area (Å²) in [6.07, 6.45) is 2.75. The van der Waals surface area contributed by atoms with Gasteiger partial charge in [-0.05, 0) is 59.1 Å². The van der Waals surface area contributed by atoms with E-state index in [1.165, 1.54) is 0 Å². The highest BCUT2D eigenvalue weighted by Gasteiger charge is 2.36. The Hall–Kier alpha value is -3.64. The average molecular weight is 454 g/mol. The normalized spacial score (nSPS) is 19.1. The number of methoxy groups -OCH3 is 1. The van der Waals surface area contributed by atoms with Crippen LogP contribution in [0.15, 0.2) is 93.9 Å². The number of thioether (sulfide) groups is 1. The minimum absolute atomic E-state index is 0.0726. The Bertz CT molecular complexity index is 1280. The van der Waals surface area contributed by atoms with E-state index in [1.54, 1.807) is 7.11 Å². The summed E-state index contributed by atoms with van der Waals surface area (Å²) >= 11 is 1.15. The van der Waals surface area contributed by atoms with Gasteiger partial charge in [-0.1, -0.05) is 66.7 Å². The molecule has 2 heterocycles. The first-order valence-electron chi connectivity index (χ1n) is 10.8. The third-order valence-electron chi connectivity index (χ3n) is 5.82. The van der Waals surface area contributed by atoms with Gasteiger partial charge in [-0.15, -0.1) is 0 Å². The fourth-order valence-corrected chi connectivity index (χ4v) is 4.79. The molecule has 1 atom stereocenters. The van der Waals surface area contributed by atoms with Gasteiger partial charge in [-0.2, -0.15) is 10.1 Å². The molecule has 0 spiro atoms. The topological polar surface area (TPSA) is 54.3 Å². The molecule has 1 unspecified atom stereocenters. The van der Waals surface area contributed by atoms with Crippen LogP contribution in [0.1, 0.15) is 34.7 Å². The van der Waals surface area contributed by atoms with Crippen LogP contribution in [0.2, 0.25) is 0 Å². The van der Waals surface area contributed by atoms with E-state index >= 15 is 0 Å². The fraction of sp³-hybridized carbons (Fsp3) is 0.148. The van der Waals surface area contributed by atoms with Crippen LogP contribution in [0.25, 0.3) is 6.08 Å². The number of amides is 1. The van der Waals surface area contributed by atoms with E-state index in [9.17, 15) is 4.79 Å². The van der Waals surface area contributed by atoms with Crippen LogP contribution in [-0.4, -0.2) is 28.9 Å². The highest BCUT2D eigenvalue weighted by molar-refractivity contribution is 8.18. The lowest BCUT2D eigenvalue weighted by Gasteiger charge is -2.24. The zero-order valence-corrected chi connectivity index (χ0v) is 19.3. The minimum Gasteiger partial charge on any atom is -0.497 e. The number of carbonyl (C=O) groups excluding carboxylic acids is 1. The number of ether oxygens (including phenoxy) is 1. The SMILES string of the molecule is COc1ccc(C2CC(c3ccccc3)=NN2C2=NC(=O)S/C2=C\c2ccccc2C)cc1. The zero-order chi connectivity index (χ0) is 22.8. The highest BCUT2D eigenvalue weighted by Crippen LogP contribution is 2.40. The molecule has 6 heteroatoms. The van der Waals surface area contributed by atoms with Crippen LogP contribution < -0.4 is 4.74 Å². The van der Waals surface area contributed by atoms with E-state index in [2.05, 4.69) is 42.2 Å². The van der Waals surface area contributed by atoms with Crippen molar-refractivity contribution < 1.29 is 9.53 Å². The third-order valence-corrected chi connectivity index (χ3v) is 6.61. The summed E-state index contributed by atoms with van der Waals surface area (Å²) in [5, 5.41) is 6.66. The second-order valence-electron chi connectivity index (χ2n) is 7.92. The molecule has 5 nitrogen and oxygen atoms in total. The number of hydrazone groups is 1. The number of aliphatic imine (C=N–C) groups is 1. The lowest BCUT2D eigenvalue weighted by Crippen LogP contribution is -2.26. The van der Waals surface area contributed by atoms with Crippen molar-refractivity contribution >= 4 is 34.6 Å². The number of hydrogen-bond donors (Lipinski definition) is 0. The zero-order valence-electron chi connectivity index (χ0n) is 18.4. The van der Waals surface area contributed by atoms with E-state index in [0.29, 0.717) is 12.3 Å². The Labute approximate surface area is 197 Å². The van der Waals surface area contributed by atoms with Crippen LogP contribution >= 0.6 is 11.8 Å². The van der Waals surface area contributed by atoms with Crippen LogP contribution in [0.3, 0.4) is 0 Å². The highest BCUT2D eigenvalue weighted by atomic mass is 32.2. The first-order chi connectivity index (χ1) is 16.1. The smallest absolute Gasteiger partial charge is 0.311 e. The van der Waals surface area contributed by atoms with Crippen molar-refractivity contribution in [2.75, 3.05) is 7.11 Å². The fourth-order valence-electron chi connectivity index (χ4n) is 4.05. The molecule has 0 radical (unpaired) electrons. The number of nitrogens with zero attached hydrogens (tertiary/aromatic N) is 3. The van der Waals surface area contributed by atoms with Gasteiger partial charge in [-0.25, -0.2) is 5.01 Å². The largest absolute Gasteiger partial charge is 0.497 e. The summed E-state index contributed by atoms with van der Waals surface area (Å²) in [5.41, 5.74) is 5.34. The Morgan fingerprint density at radius 2 is 1.73 bits per heavy atom. The first-order valence-corrected chi connectivity index (χ1v) is 11.6. The summed E-state index contributed by atoms with van der Waals surface area (Å²) < 4.78 is 5.33. The predicted molar refractivity (Wildman–Crippen MR) is 135 cm³/mol. The van der Waals surface area contributed by atoms with Gasteiger partial charge >= 0.3 is 5.24 Å². The van der Waals surface area contributed by atoms with E-state index in [1.807, 2.05) is 59.6 Å². The molecule has 164 valence electrons. The van der Waals surface area contributed by atoms with Crippen LogP contribution in [0.5, 0.6) is 5.75 Å². The Morgan fingerprint density at radius 1 is 1.00 bits per heavy atom. The standard InChI is InChI=1S/C27H23N3O2S/c1-18-8-6-7-11-21(18)16-25-26(28-27(31)33-25)30-24(20-12-14-22(32-2)15-13-20)17-23(29-30)19-9-4-3-5-10-19/h3-16,24H,17H2,1-2H3/b25-16-. The van der Waals surface area contributed by atoms with Crippen LogP contribution in [-0.2, 0) is 0 Å². The Morgan fingerprint density at radius 3 is 2.45 bits per heavy atom. The van der Waals surface area contributed by atoms with Crippen molar-refractivity contribution in [2.45, 2.75) is 19.4 Å². The molecular weight excluding hydrogens is 430 g/mol. The summed E-state index contributed by atoms with van der Waals surface area (Å²) in [6.45, 7) is 2.06. The maximum absolute atomic E-state index is 12.4. The molecule has 3 aromatic rings. The van der Waals surface area contributed by atoms with Crippen LogP contribution in [0, 0.1) is 6.92 Å². The van der Waals surface area contributed by atoms with E-state index < -0.39 is 0 Å². The maximum Gasteiger partial charge on any atom is 0.311 e. The molecule has 33 heavy (non-hydrogen) atoms. The molecular formula is C27H23N3O2S. The lowest BCUT2D eigenvalue weighted by atomic mass is 9.98.